The second-order valence-electron chi connectivity index (χ2n) is 8.05. The van der Waals surface area contributed by atoms with E-state index >= 15 is 0 Å². The number of benzene rings is 2. The first-order valence-electron chi connectivity index (χ1n) is 11.1. The Morgan fingerprint density at radius 1 is 1.32 bits per heavy atom. The normalized spacial score (nSPS) is 20.3. The molecule has 0 unspecified atom stereocenters. The molecule has 1 saturated heterocycles. The van der Waals surface area contributed by atoms with E-state index in [0.29, 0.717) is 61.0 Å². The maximum absolute atomic E-state index is 14.1. The summed E-state index contributed by atoms with van der Waals surface area (Å²) in [6.45, 7) is 4.33. The molecule has 10 heteroatoms. The van der Waals surface area contributed by atoms with Gasteiger partial charge in [-0.25, -0.2) is 9.82 Å². The SMILES string of the molecule is CCOc1ccc(C(=O)NC[C@@H]2CNCCO[C@H]2c2ccc(Cl)c(F)c2)cc1C1=NNC(=O)C1. The summed E-state index contributed by atoms with van der Waals surface area (Å²) in [5, 5.41) is 10.4. The first-order chi connectivity index (χ1) is 16.5. The molecule has 0 aromatic heterocycles. The number of hydrogen-bond acceptors (Lipinski definition) is 6. The zero-order valence-corrected chi connectivity index (χ0v) is 19.5. The Kier molecular flexibility index (Phi) is 7.77. The third-order valence-electron chi connectivity index (χ3n) is 5.70. The average Bonchev–Trinajstić information content (AvgIpc) is 3.12. The molecule has 180 valence electrons. The first-order valence-corrected chi connectivity index (χ1v) is 11.5. The van der Waals surface area contributed by atoms with Gasteiger partial charge in [0, 0.05) is 36.7 Å². The van der Waals surface area contributed by atoms with E-state index in [1.165, 1.54) is 12.1 Å². The second kappa shape index (κ2) is 10.9. The summed E-state index contributed by atoms with van der Waals surface area (Å²) in [5.74, 6) is -0.575. The lowest BCUT2D eigenvalue weighted by molar-refractivity contribution is -0.119. The molecule has 2 aliphatic rings. The monoisotopic (exact) mass is 488 g/mol. The van der Waals surface area contributed by atoms with E-state index in [0.717, 1.165) is 0 Å². The highest BCUT2D eigenvalue weighted by molar-refractivity contribution is 6.30. The van der Waals surface area contributed by atoms with Crippen molar-refractivity contribution in [2.45, 2.75) is 19.4 Å². The fourth-order valence-corrected chi connectivity index (χ4v) is 4.16. The summed E-state index contributed by atoms with van der Waals surface area (Å²) in [6.07, 6.45) is -0.280. The fraction of sp³-hybridized carbons (Fsp3) is 0.375. The number of carbonyl (C=O) groups excluding carboxylic acids is 2. The van der Waals surface area contributed by atoms with E-state index in [1.54, 1.807) is 24.3 Å². The molecular formula is C24H26ClFN4O4. The summed E-state index contributed by atoms with van der Waals surface area (Å²) in [6, 6.07) is 9.68. The van der Waals surface area contributed by atoms with Crippen LogP contribution >= 0.6 is 11.6 Å². The lowest BCUT2D eigenvalue weighted by Gasteiger charge is -2.25. The quantitative estimate of drug-likeness (QED) is 0.556. The van der Waals surface area contributed by atoms with Crippen LogP contribution in [0.4, 0.5) is 4.39 Å². The third-order valence-corrected chi connectivity index (χ3v) is 6.01. The molecule has 2 amide bonds. The molecule has 0 aliphatic carbocycles. The van der Waals surface area contributed by atoms with Crippen molar-refractivity contribution in [1.82, 2.24) is 16.1 Å². The van der Waals surface area contributed by atoms with Crippen molar-refractivity contribution in [2.24, 2.45) is 11.0 Å². The Bertz CT molecular complexity index is 1110. The van der Waals surface area contributed by atoms with Gasteiger partial charge < -0.3 is 20.1 Å². The van der Waals surface area contributed by atoms with Gasteiger partial charge in [0.2, 0.25) is 5.91 Å². The molecule has 1 fully saturated rings. The Balaban J connectivity index is 1.50. The van der Waals surface area contributed by atoms with Gasteiger partial charge in [-0.15, -0.1) is 0 Å². The van der Waals surface area contributed by atoms with Gasteiger partial charge in [0.15, 0.2) is 0 Å². The van der Waals surface area contributed by atoms with Gasteiger partial charge >= 0.3 is 0 Å². The summed E-state index contributed by atoms with van der Waals surface area (Å²) in [4.78, 5) is 24.6. The van der Waals surface area contributed by atoms with Gasteiger partial charge in [-0.1, -0.05) is 17.7 Å². The number of carbonyl (C=O) groups is 2. The van der Waals surface area contributed by atoms with Crippen LogP contribution in [-0.4, -0.2) is 50.4 Å². The van der Waals surface area contributed by atoms with E-state index in [2.05, 4.69) is 21.2 Å². The predicted octanol–water partition coefficient (Wildman–Crippen LogP) is 2.81. The van der Waals surface area contributed by atoms with E-state index in [1.807, 2.05) is 6.92 Å². The summed E-state index contributed by atoms with van der Waals surface area (Å²) < 4.78 is 25.7. The molecule has 0 bridgehead atoms. The van der Waals surface area contributed by atoms with Crippen LogP contribution in [0.25, 0.3) is 0 Å². The zero-order valence-electron chi connectivity index (χ0n) is 18.7. The van der Waals surface area contributed by atoms with Crippen LogP contribution in [0, 0.1) is 11.7 Å². The number of hydrogen-bond donors (Lipinski definition) is 3. The predicted molar refractivity (Wildman–Crippen MR) is 126 cm³/mol. The highest BCUT2D eigenvalue weighted by Crippen LogP contribution is 2.30. The molecule has 0 radical (unpaired) electrons. The van der Waals surface area contributed by atoms with E-state index in [4.69, 9.17) is 21.1 Å². The summed E-state index contributed by atoms with van der Waals surface area (Å²) in [5.41, 5.74) is 4.63. The van der Waals surface area contributed by atoms with Crippen LogP contribution in [-0.2, 0) is 9.53 Å². The van der Waals surface area contributed by atoms with E-state index in [9.17, 15) is 14.0 Å². The second-order valence-corrected chi connectivity index (χ2v) is 8.46. The van der Waals surface area contributed by atoms with Crippen molar-refractivity contribution in [3.05, 3.63) is 63.9 Å². The topological polar surface area (TPSA) is 101 Å². The van der Waals surface area contributed by atoms with Gasteiger partial charge in [0.05, 0.1) is 36.5 Å². The van der Waals surface area contributed by atoms with Crippen LogP contribution in [0.1, 0.15) is 40.9 Å². The van der Waals surface area contributed by atoms with Gasteiger partial charge in [-0.05, 0) is 42.8 Å². The molecular weight excluding hydrogens is 463 g/mol. The van der Waals surface area contributed by atoms with Crippen LogP contribution in [0.5, 0.6) is 5.75 Å². The molecule has 0 saturated carbocycles. The van der Waals surface area contributed by atoms with Crippen LogP contribution < -0.4 is 20.8 Å². The molecule has 2 aromatic rings. The van der Waals surface area contributed by atoms with E-state index < -0.39 is 11.9 Å². The van der Waals surface area contributed by atoms with Crippen molar-refractivity contribution in [2.75, 3.05) is 32.8 Å². The molecule has 4 rings (SSSR count). The molecule has 2 atom stereocenters. The van der Waals surface area contributed by atoms with Crippen molar-refractivity contribution < 1.29 is 23.5 Å². The number of rotatable bonds is 7. The maximum atomic E-state index is 14.1. The number of amides is 2. The first kappa shape index (κ1) is 24.1. The Hall–Kier alpha value is -3.01. The van der Waals surface area contributed by atoms with Crippen molar-refractivity contribution in [3.8, 4) is 5.75 Å². The fourth-order valence-electron chi connectivity index (χ4n) is 4.05. The third kappa shape index (κ3) is 5.55. The molecule has 0 spiro atoms. The Morgan fingerprint density at radius 3 is 2.91 bits per heavy atom. The Labute approximate surface area is 201 Å². The average molecular weight is 489 g/mol. The standard InChI is InChI=1S/C24H26ClFN4O4/c1-2-33-21-6-4-15(9-17(21)20-11-22(31)30-29-20)24(32)28-13-16-12-27-7-8-34-23(16)14-3-5-18(25)19(26)10-14/h3-6,9-10,16,23,27H,2,7-8,11-13H2,1H3,(H,28,32)(H,30,31)/t16-,23-/m0/s1. The molecule has 34 heavy (non-hydrogen) atoms. The molecule has 3 N–H and O–H groups in total. The minimum atomic E-state index is -0.507. The van der Waals surface area contributed by atoms with Crippen molar-refractivity contribution >= 4 is 29.1 Å². The maximum Gasteiger partial charge on any atom is 0.251 e. The molecule has 8 nitrogen and oxygen atoms in total. The molecule has 2 aliphatic heterocycles. The minimum Gasteiger partial charge on any atom is -0.493 e. The number of nitrogens with one attached hydrogen (secondary N) is 3. The smallest absolute Gasteiger partial charge is 0.251 e. The summed E-state index contributed by atoms with van der Waals surface area (Å²) >= 11 is 5.83. The van der Waals surface area contributed by atoms with Gasteiger partial charge in [0.25, 0.3) is 5.91 Å². The molecule has 2 heterocycles. The highest BCUT2D eigenvalue weighted by atomic mass is 35.5. The lowest BCUT2D eigenvalue weighted by Crippen LogP contribution is -2.36. The largest absolute Gasteiger partial charge is 0.493 e. The van der Waals surface area contributed by atoms with Crippen molar-refractivity contribution in [1.29, 1.82) is 0 Å². The van der Waals surface area contributed by atoms with Crippen LogP contribution in [0.15, 0.2) is 41.5 Å². The number of ether oxygens (including phenoxy) is 2. The number of hydrazone groups is 1. The Morgan fingerprint density at radius 2 is 2.18 bits per heavy atom. The minimum absolute atomic E-state index is 0.0513. The summed E-state index contributed by atoms with van der Waals surface area (Å²) in [7, 11) is 0. The van der Waals surface area contributed by atoms with Crippen molar-refractivity contribution in [3.63, 3.8) is 0 Å². The zero-order chi connectivity index (χ0) is 24.1. The van der Waals surface area contributed by atoms with Gasteiger partial charge in [-0.2, -0.15) is 5.10 Å². The van der Waals surface area contributed by atoms with Gasteiger partial charge in [-0.3, -0.25) is 9.59 Å². The number of halogens is 2. The highest BCUT2D eigenvalue weighted by Gasteiger charge is 2.28. The lowest BCUT2D eigenvalue weighted by atomic mass is 9.95. The number of nitrogens with zero attached hydrogens (tertiary/aromatic N) is 1. The van der Waals surface area contributed by atoms with Crippen LogP contribution in [0.3, 0.4) is 0 Å². The van der Waals surface area contributed by atoms with Gasteiger partial charge in [0.1, 0.15) is 11.6 Å². The molecule has 2 aromatic carbocycles. The van der Waals surface area contributed by atoms with Crippen LogP contribution in [0.2, 0.25) is 5.02 Å². The van der Waals surface area contributed by atoms with E-state index in [-0.39, 0.29) is 29.2 Å².